The van der Waals surface area contributed by atoms with Crippen LogP contribution < -0.4 is 10.2 Å². The molecule has 0 saturated carbocycles. The third-order valence-corrected chi connectivity index (χ3v) is 8.01. The quantitative estimate of drug-likeness (QED) is 0.395. The van der Waals surface area contributed by atoms with Crippen LogP contribution in [0, 0.1) is 0 Å². The molecule has 1 fully saturated rings. The zero-order valence-corrected chi connectivity index (χ0v) is 21.9. The number of carbonyl (C=O) groups excluding carboxylic acids is 1. The van der Waals surface area contributed by atoms with Gasteiger partial charge in [0.15, 0.2) is 0 Å². The molecule has 0 aliphatic carbocycles. The molecule has 2 aliphatic rings. The van der Waals surface area contributed by atoms with Crippen molar-refractivity contribution in [2.24, 2.45) is 0 Å². The second kappa shape index (κ2) is 10.7. The zero-order valence-electron chi connectivity index (χ0n) is 21.1. The highest BCUT2D eigenvalue weighted by molar-refractivity contribution is 7.99. The number of nitrogens with zero attached hydrogens (tertiary/aromatic N) is 4. The van der Waals surface area contributed by atoms with Gasteiger partial charge in [-0.3, -0.25) is 9.78 Å². The molecule has 0 radical (unpaired) electrons. The number of rotatable bonds is 5. The van der Waals surface area contributed by atoms with E-state index in [1.807, 2.05) is 48.5 Å². The number of pyridine rings is 3. The van der Waals surface area contributed by atoms with Crippen molar-refractivity contribution in [1.29, 1.82) is 0 Å². The molecule has 38 heavy (non-hydrogen) atoms. The molecule has 0 bridgehead atoms. The van der Waals surface area contributed by atoms with Gasteiger partial charge in [-0.25, -0.2) is 9.97 Å². The molecule has 0 spiro atoms. The number of aromatic nitrogens is 3. The standard InChI is InChI=1S/C29H29N5O3S/c1-18-17-34(10-11-37-18)28-4-2-3-23(33-28)24-8-6-20-15-30-21(14-25(20)32-24)16-31-29(36)19-5-7-22-26(35)9-12-38-27(22)13-19/h2-8,13-15,18,26,35H,9-12,16-17H2,1H3,(H,31,36). The molecular weight excluding hydrogens is 498 g/mol. The van der Waals surface area contributed by atoms with Crippen LogP contribution in [0.3, 0.4) is 0 Å². The Bertz CT molecular complexity index is 1500. The number of amides is 1. The molecule has 2 unspecified atom stereocenters. The Kier molecular flexibility index (Phi) is 6.97. The number of carbonyl (C=O) groups is 1. The first-order valence-corrected chi connectivity index (χ1v) is 13.8. The van der Waals surface area contributed by atoms with E-state index in [4.69, 9.17) is 14.7 Å². The number of benzene rings is 1. The minimum atomic E-state index is -0.455. The molecule has 4 aromatic rings. The van der Waals surface area contributed by atoms with E-state index in [9.17, 15) is 9.90 Å². The van der Waals surface area contributed by atoms with E-state index in [-0.39, 0.29) is 18.6 Å². The highest BCUT2D eigenvalue weighted by atomic mass is 32.2. The van der Waals surface area contributed by atoms with Crippen LogP contribution >= 0.6 is 11.8 Å². The number of aliphatic hydroxyl groups excluding tert-OH is 1. The third kappa shape index (κ3) is 5.22. The molecule has 194 valence electrons. The predicted molar refractivity (Wildman–Crippen MR) is 148 cm³/mol. The monoisotopic (exact) mass is 527 g/mol. The average molecular weight is 528 g/mol. The summed E-state index contributed by atoms with van der Waals surface area (Å²) in [5, 5.41) is 14.1. The van der Waals surface area contributed by atoms with Crippen LogP contribution in [0.4, 0.5) is 5.82 Å². The van der Waals surface area contributed by atoms with E-state index in [2.05, 4.69) is 22.1 Å². The first-order valence-electron chi connectivity index (χ1n) is 12.9. The highest BCUT2D eigenvalue weighted by Crippen LogP contribution is 2.36. The van der Waals surface area contributed by atoms with E-state index < -0.39 is 6.10 Å². The van der Waals surface area contributed by atoms with Gasteiger partial charge in [0.25, 0.3) is 5.91 Å². The molecule has 9 heteroatoms. The van der Waals surface area contributed by atoms with Crippen molar-refractivity contribution in [3.05, 3.63) is 77.6 Å². The molecule has 2 atom stereocenters. The number of hydrogen-bond acceptors (Lipinski definition) is 8. The third-order valence-electron chi connectivity index (χ3n) is 6.91. The van der Waals surface area contributed by atoms with E-state index in [1.54, 1.807) is 24.0 Å². The zero-order chi connectivity index (χ0) is 26.1. The fraction of sp³-hybridized carbons (Fsp3) is 0.310. The molecule has 8 nitrogen and oxygen atoms in total. The summed E-state index contributed by atoms with van der Waals surface area (Å²) in [6.07, 6.45) is 2.24. The Morgan fingerprint density at radius 3 is 2.95 bits per heavy atom. The van der Waals surface area contributed by atoms with Gasteiger partial charge in [-0.1, -0.05) is 12.1 Å². The summed E-state index contributed by atoms with van der Waals surface area (Å²) in [4.78, 5) is 30.3. The van der Waals surface area contributed by atoms with Crippen LogP contribution in [0.2, 0.25) is 0 Å². The summed E-state index contributed by atoms with van der Waals surface area (Å²) in [6.45, 7) is 4.69. The number of aliphatic hydroxyl groups is 1. The topological polar surface area (TPSA) is 100 Å². The van der Waals surface area contributed by atoms with Crippen molar-refractivity contribution in [3.63, 3.8) is 0 Å². The Hall–Kier alpha value is -3.53. The van der Waals surface area contributed by atoms with Crippen LogP contribution in [0.1, 0.15) is 41.1 Å². The summed E-state index contributed by atoms with van der Waals surface area (Å²) in [6, 6.07) is 17.4. The van der Waals surface area contributed by atoms with E-state index in [0.717, 1.165) is 69.5 Å². The lowest BCUT2D eigenvalue weighted by molar-refractivity contribution is 0.0529. The molecule has 1 amide bonds. The minimum absolute atomic E-state index is 0.171. The van der Waals surface area contributed by atoms with Gasteiger partial charge in [-0.15, -0.1) is 11.8 Å². The Morgan fingerprint density at radius 2 is 2.05 bits per heavy atom. The van der Waals surface area contributed by atoms with E-state index in [1.165, 1.54) is 0 Å². The summed E-state index contributed by atoms with van der Waals surface area (Å²) in [7, 11) is 0. The van der Waals surface area contributed by atoms with Crippen LogP contribution in [0.25, 0.3) is 22.3 Å². The summed E-state index contributed by atoms with van der Waals surface area (Å²) in [5.41, 5.74) is 4.60. The molecule has 6 rings (SSSR count). The number of anilines is 1. The van der Waals surface area contributed by atoms with Gasteiger partial charge < -0.3 is 20.1 Å². The highest BCUT2D eigenvalue weighted by Gasteiger charge is 2.20. The molecule has 2 N–H and O–H groups in total. The summed E-state index contributed by atoms with van der Waals surface area (Å²) in [5.74, 6) is 1.60. The van der Waals surface area contributed by atoms with Gasteiger partial charge >= 0.3 is 0 Å². The molecule has 5 heterocycles. The van der Waals surface area contributed by atoms with Crippen molar-refractivity contribution in [2.75, 3.05) is 30.3 Å². The lowest BCUT2D eigenvalue weighted by Gasteiger charge is -2.32. The fourth-order valence-electron chi connectivity index (χ4n) is 4.85. The van der Waals surface area contributed by atoms with Crippen LogP contribution in [-0.2, 0) is 11.3 Å². The number of thioether (sulfide) groups is 1. The lowest BCUT2D eigenvalue weighted by atomic mass is 10.0. The second-order valence-electron chi connectivity index (χ2n) is 9.66. The molecule has 3 aromatic heterocycles. The smallest absolute Gasteiger partial charge is 0.251 e. The first kappa shape index (κ1) is 24.8. The molecule has 2 aliphatic heterocycles. The number of ether oxygens (including phenoxy) is 1. The Labute approximate surface area is 225 Å². The maximum Gasteiger partial charge on any atom is 0.251 e. The SMILES string of the molecule is CC1CN(c2cccc(-c3ccc4cnc(CNC(=O)c5ccc6c(c5)SCCC6O)cc4n3)n2)CCO1. The second-order valence-corrected chi connectivity index (χ2v) is 10.8. The minimum Gasteiger partial charge on any atom is -0.388 e. The fourth-order valence-corrected chi connectivity index (χ4v) is 5.99. The molecule has 1 aromatic carbocycles. The molecular formula is C29H29N5O3S. The lowest BCUT2D eigenvalue weighted by Crippen LogP contribution is -2.41. The van der Waals surface area contributed by atoms with E-state index >= 15 is 0 Å². The van der Waals surface area contributed by atoms with Gasteiger partial charge in [-0.05, 0) is 61.4 Å². The van der Waals surface area contributed by atoms with Crippen molar-refractivity contribution >= 4 is 34.4 Å². The van der Waals surface area contributed by atoms with Gasteiger partial charge in [0.1, 0.15) is 5.82 Å². The number of fused-ring (bicyclic) bond motifs is 2. The van der Waals surface area contributed by atoms with Crippen molar-refractivity contribution < 1.29 is 14.6 Å². The van der Waals surface area contributed by atoms with Crippen LogP contribution in [0.5, 0.6) is 0 Å². The number of morpholine rings is 1. The molecule has 1 saturated heterocycles. The number of nitrogens with one attached hydrogen (secondary N) is 1. The van der Waals surface area contributed by atoms with Crippen molar-refractivity contribution in [3.8, 4) is 11.4 Å². The van der Waals surface area contributed by atoms with Gasteiger partial charge in [-0.2, -0.15) is 0 Å². The van der Waals surface area contributed by atoms with Crippen LogP contribution in [0.15, 0.2) is 65.7 Å². The van der Waals surface area contributed by atoms with Crippen molar-refractivity contribution in [1.82, 2.24) is 20.3 Å². The van der Waals surface area contributed by atoms with Crippen LogP contribution in [-0.4, -0.2) is 57.5 Å². The maximum absolute atomic E-state index is 12.8. The summed E-state index contributed by atoms with van der Waals surface area (Å²) >= 11 is 1.67. The number of hydrogen-bond donors (Lipinski definition) is 2. The van der Waals surface area contributed by atoms with Gasteiger partial charge in [0, 0.05) is 40.9 Å². The Morgan fingerprint density at radius 1 is 1.16 bits per heavy atom. The van der Waals surface area contributed by atoms with Gasteiger partial charge in [0.05, 0.1) is 48.0 Å². The normalized spacial score (nSPS) is 19.3. The van der Waals surface area contributed by atoms with Gasteiger partial charge in [0.2, 0.25) is 0 Å². The average Bonchev–Trinajstić information content (AvgIpc) is 2.95. The first-order chi connectivity index (χ1) is 18.5. The predicted octanol–water partition coefficient (Wildman–Crippen LogP) is 4.38. The maximum atomic E-state index is 12.8. The Balaban J connectivity index is 1.18. The van der Waals surface area contributed by atoms with Crippen molar-refractivity contribution in [2.45, 2.75) is 37.0 Å². The van der Waals surface area contributed by atoms with E-state index in [0.29, 0.717) is 12.2 Å². The summed E-state index contributed by atoms with van der Waals surface area (Å²) < 4.78 is 5.67. The largest absolute Gasteiger partial charge is 0.388 e.